The summed E-state index contributed by atoms with van der Waals surface area (Å²) in [6, 6.07) is 12.8. The number of fused-ring (bicyclic) bond motifs is 1. The summed E-state index contributed by atoms with van der Waals surface area (Å²) < 4.78 is 10.9. The van der Waals surface area contributed by atoms with Crippen LogP contribution in [0.25, 0.3) is 0 Å². The minimum absolute atomic E-state index is 0. The van der Waals surface area contributed by atoms with E-state index in [0.29, 0.717) is 18.1 Å². The predicted octanol–water partition coefficient (Wildman–Crippen LogP) is 4.32. The molecule has 2 aliphatic rings. The first-order valence-electron chi connectivity index (χ1n) is 11.8. The van der Waals surface area contributed by atoms with E-state index in [1.54, 1.807) is 14.2 Å². The van der Waals surface area contributed by atoms with Crippen molar-refractivity contribution in [2.75, 3.05) is 46.9 Å². The second-order valence-electron chi connectivity index (χ2n) is 9.29. The number of halogens is 1. The van der Waals surface area contributed by atoms with Crippen LogP contribution in [0.1, 0.15) is 35.1 Å². The van der Waals surface area contributed by atoms with Gasteiger partial charge in [-0.15, -0.1) is 12.4 Å². The molecule has 33 heavy (non-hydrogen) atoms. The number of hydrogen-bond donors (Lipinski definition) is 0. The van der Waals surface area contributed by atoms with Gasteiger partial charge >= 0.3 is 0 Å². The molecule has 2 aromatic carbocycles. The topological polar surface area (TPSA) is 42.0 Å². The van der Waals surface area contributed by atoms with E-state index in [0.717, 1.165) is 50.3 Å². The van der Waals surface area contributed by atoms with Crippen molar-refractivity contribution in [3.63, 3.8) is 0 Å². The minimum Gasteiger partial charge on any atom is -0.493 e. The van der Waals surface area contributed by atoms with Crippen molar-refractivity contribution in [2.24, 2.45) is 5.92 Å². The van der Waals surface area contributed by atoms with Crippen LogP contribution in [0.3, 0.4) is 0 Å². The summed E-state index contributed by atoms with van der Waals surface area (Å²) in [7, 11) is 3.30. The molecular weight excluding hydrogens is 436 g/mol. The van der Waals surface area contributed by atoms with Gasteiger partial charge in [-0.1, -0.05) is 29.8 Å². The normalized spacial score (nSPS) is 18.8. The van der Waals surface area contributed by atoms with Crippen LogP contribution < -0.4 is 9.47 Å². The Balaban J connectivity index is 0.00000306. The van der Waals surface area contributed by atoms with Crippen molar-refractivity contribution in [3.8, 4) is 11.5 Å². The van der Waals surface area contributed by atoms with Crippen LogP contribution in [0.15, 0.2) is 36.4 Å². The molecule has 1 unspecified atom stereocenters. The molecule has 2 aliphatic heterocycles. The van der Waals surface area contributed by atoms with Gasteiger partial charge in [0.2, 0.25) is 5.91 Å². The molecule has 0 radical (unpaired) electrons. The highest BCUT2D eigenvalue weighted by molar-refractivity contribution is 5.85. The van der Waals surface area contributed by atoms with Gasteiger partial charge in [-0.25, -0.2) is 0 Å². The van der Waals surface area contributed by atoms with Gasteiger partial charge in [-0.2, -0.15) is 0 Å². The fourth-order valence-electron chi connectivity index (χ4n) is 5.18. The number of carbonyl (C=O) groups is 1. The highest BCUT2D eigenvalue weighted by Gasteiger charge is 2.27. The Morgan fingerprint density at radius 2 is 1.79 bits per heavy atom. The molecule has 0 N–H and O–H groups in total. The summed E-state index contributed by atoms with van der Waals surface area (Å²) in [4.78, 5) is 17.7. The Hall–Kier alpha value is -2.24. The summed E-state index contributed by atoms with van der Waals surface area (Å²) in [5.41, 5.74) is 5.01. The summed E-state index contributed by atoms with van der Waals surface area (Å²) in [6.07, 6.45) is 4.83. The average molecular weight is 473 g/mol. The molecule has 180 valence electrons. The van der Waals surface area contributed by atoms with Crippen LogP contribution in [0.5, 0.6) is 11.5 Å². The van der Waals surface area contributed by atoms with Crippen molar-refractivity contribution >= 4 is 18.3 Å². The number of amides is 1. The lowest BCUT2D eigenvalue weighted by Gasteiger charge is -2.35. The summed E-state index contributed by atoms with van der Waals surface area (Å²) in [5.74, 6) is 2.22. The third-order valence-electron chi connectivity index (χ3n) is 6.93. The molecule has 1 fully saturated rings. The van der Waals surface area contributed by atoms with E-state index < -0.39 is 0 Å². The molecule has 1 saturated heterocycles. The van der Waals surface area contributed by atoms with E-state index in [1.165, 1.54) is 36.1 Å². The molecule has 2 heterocycles. The van der Waals surface area contributed by atoms with E-state index in [2.05, 4.69) is 41.0 Å². The highest BCUT2D eigenvalue weighted by atomic mass is 35.5. The SMILES string of the molecule is COc1cc2c(cc1OC)CC(=O)N(CC1CCCN(CCc3cccc(C)c3)C1)CC2.Cl. The van der Waals surface area contributed by atoms with Crippen LogP contribution in [0.2, 0.25) is 0 Å². The standard InChI is InChI=1S/C27H36N2O3.ClH/c1-20-6-4-7-21(14-20)9-12-28-11-5-8-22(18-28)19-29-13-10-23-15-25(31-2)26(32-3)16-24(23)17-27(29)30;/h4,6-7,14-16,22H,5,8-13,17-19H2,1-3H3;1H. The maximum atomic E-state index is 13.1. The molecule has 1 amide bonds. The number of ether oxygens (including phenoxy) is 2. The lowest BCUT2D eigenvalue weighted by atomic mass is 9.96. The Labute approximate surface area is 204 Å². The van der Waals surface area contributed by atoms with E-state index in [4.69, 9.17) is 9.47 Å². The van der Waals surface area contributed by atoms with E-state index in [-0.39, 0.29) is 18.3 Å². The second-order valence-corrected chi connectivity index (χ2v) is 9.29. The maximum absolute atomic E-state index is 13.1. The summed E-state index contributed by atoms with van der Waals surface area (Å²) >= 11 is 0. The van der Waals surface area contributed by atoms with Gasteiger partial charge in [0.25, 0.3) is 0 Å². The van der Waals surface area contributed by atoms with Crippen molar-refractivity contribution in [2.45, 2.75) is 39.0 Å². The largest absolute Gasteiger partial charge is 0.493 e. The van der Waals surface area contributed by atoms with E-state index in [1.807, 2.05) is 12.1 Å². The number of benzene rings is 2. The smallest absolute Gasteiger partial charge is 0.227 e. The van der Waals surface area contributed by atoms with Gasteiger partial charge in [0, 0.05) is 26.2 Å². The van der Waals surface area contributed by atoms with Crippen LogP contribution in [-0.2, 0) is 24.1 Å². The molecule has 0 bridgehead atoms. The monoisotopic (exact) mass is 472 g/mol. The number of hydrogen-bond acceptors (Lipinski definition) is 4. The fraction of sp³-hybridized carbons (Fsp3) is 0.519. The number of nitrogens with zero attached hydrogens (tertiary/aromatic N) is 2. The minimum atomic E-state index is 0. The number of rotatable bonds is 7. The lowest BCUT2D eigenvalue weighted by molar-refractivity contribution is -0.131. The number of likely N-dealkylation sites (tertiary alicyclic amines) is 1. The zero-order chi connectivity index (χ0) is 22.5. The third kappa shape index (κ3) is 6.42. The number of piperidine rings is 1. The molecule has 0 saturated carbocycles. The fourth-order valence-corrected chi connectivity index (χ4v) is 5.18. The zero-order valence-electron chi connectivity index (χ0n) is 20.1. The first-order chi connectivity index (χ1) is 15.6. The lowest BCUT2D eigenvalue weighted by Crippen LogP contribution is -2.44. The number of carbonyl (C=O) groups excluding carboxylic acids is 1. The molecule has 0 aromatic heterocycles. The molecular formula is C27H37ClN2O3. The molecule has 1 atom stereocenters. The number of methoxy groups -OCH3 is 2. The zero-order valence-corrected chi connectivity index (χ0v) is 21.0. The Bertz CT molecular complexity index is 949. The number of aryl methyl sites for hydroxylation is 1. The van der Waals surface area contributed by atoms with Crippen molar-refractivity contribution in [3.05, 3.63) is 58.7 Å². The summed E-state index contributed by atoms with van der Waals surface area (Å²) in [6.45, 7) is 7.15. The van der Waals surface area contributed by atoms with Crippen LogP contribution >= 0.6 is 12.4 Å². The van der Waals surface area contributed by atoms with Crippen LogP contribution in [0, 0.1) is 12.8 Å². The molecule has 5 nitrogen and oxygen atoms in total. The van der Waals surface area contributed by atoms with E-state index >= 15 is 0 Å². The van der Waals surface area contributed by atoms with Gasteiger partial charge in [0.15, 0.2) is 11.5 Å². The first kappa shape index (κ1) is 25.4. The molecule has 2 aromatic rings. The van der Waals surface area contributed by atoms with Gasteiger partial charge in [-0.3, -0.25) is 4.79 Å². The van der Waals surface area contributed by atoms with Gasteiger partial charge in [-0.05, 0) is 73.9 Å². The molecule has 0 aliphatic carbocycles. The average Bonchev–Trinajstić information content (AvgIpc) is 2.95. The maximum Gasteiger partial charge on any atom is 0.227 e. The molecule has 6 heteroatoms. The predicted molar refractivity (Wildman–Crippen MR) is 135 cm³/mol. The van der Waals surface area contributed by atoms with Crippen LogP contribution in [0.4, 0.5) is 0 Å². The Kier molecular flexibility index (Phi) is 9.04. The van der Waals surface area contributed by atoms with Crippen molar-refractivity contribution in [1.29, 1.82) is 0 Å². The Morgan fingerprint density at radius 3 is 2.52 bits per heavy atom. The Morgan fingerprint density at radius 1 is 1.03 bits per heavy atom. The quantitative estimate of drug-likeness (QED) is 0.602. The van der Waals surface area contributed by atoms with Crippen molar-refractivity contribution < 1.29 is 14.3 Å². The van der Waals surface area contributed by atoms with Crippen LogP contribution in [-0.4, -0.2) is 62.7 Å². The second kappa shape index (κ2) is 11.8. The van der Waals surface area contributed by atoms with Gasteiger partial charge in [0.1, 0.15) is 0 Å². The van der Waals surface area contributed by atoms with Gasteiger partial charge in [0.05, 0.1) is 20.6 Å². The molecule has 4 rings (SSSR count). The third-order valence-corrected chi connectivity index (χ3v) is 6.93. The van der Waals surface area contributed by atoms with Crippen molar-refractivity contribution in [1.82, 2.24) is 9.80 Å². The highest BCUT2D eigenvalue weighted by Crippen LogP contribution is 2.32. The molecule has 0 spiro atoms. The summed E-state index contributed by atoms with van der Waals surface area (Å²) in [5, 5.41) is 0. The van der Waals surface area contributed by atoms with Gasteiger partial charge < -0.3 is 19.3 Å². The van der Waals surface area contributed by atoms with E-state index in [9.17, 15) is 4.79 Å². The first-order valence-corrected chi connectivity index (χ1v) is 11.8.